The first-order valence-electron chi connectivity index (χ1n) is 5.87. The van der Waals surface area contributed by atoms with Crippen LogP contribution in [0, 0.1) is 18.7 Å². The van der Waals surface area contributed by atoms with Crippen molar-refractivity contribution in [1.29, 1.82) is 0 Å². The number of benzene rings is 1. The average Bonchev–Trinajstić information content (AvgIpc) is 2.76. The topological polar surface area (TPSA) is 38.3 Å². The fourth-order valence-electron chi connectivity index (χ4n) is 2.00. The molecule has 0 aromatic heterocycles. The molecule has 1 aliphatic heterocycles. The number of ether oxygens (including phenoxy) is 1. The van der Waals surface area contributed by atoms with E-state index < -0.39 is 11.9 Å². The van der Waals surface area contributed by atoms with Gasteiger partial charge in [0.25, 0.3) is 5.91 Å². The smallest absolute Gasteiger partial charge is 0.253 e. The molecular weight excluding hydrogens is 301 g/mol. The molecule has 0 unspecified atom stereocenters. The van der Waals surface area contributed by atoms with E-state index in [9.17, 15) is 9.18 Å². The van der Waals surface area contributed by atoms with Gasteiger partial charge in [0.15, 0.2) is 0 Å². The second-order valence-corrected chi connectivity index (χ2v) is 5.39. The summed E-state index contributed by atoms with van der Waals surface area (Å²) in [6.45, 7) is 4.38. The maximum absolute atomic E-state index is 13.7. The van der Waals surface area contributed by atoms with E-state index in [0.717, 1.165) is 12.0 Å². The lowest BCUT2D eigenvalue weighted by Gasteiger charge is -2.16. The molecule has 2 atom stereocenters. The summed E-state index contributed by atoms with van der Waals surface area (Å²) >= 11 is 3.29. The van der Waals surface area contributed by atoms with E-state index in [1.807, 2.05) is 13.8 Å². The fraction of sp³-hybridized carbons (Fsp3) is 0.462. The quantitative estimate of drug-likeness (QED) is 0.909. The van der Waals surface area contributed by atoms with Crippen molar-refractivity contribution < 1.29 is 13.9 Å². The van der Waals surface area contributed by atoms with Gasteiger partial charge in [0.1, 0.15) is 11.9 Å². The number of carbonyl (C=O) groups excluding carboxylic acids is 1. The van der Waals surface area contributed by atoms with E-state index in [2.05, 4.69) is 21.2 Å². The molecule has 3 nitrogen and oxygen atoms in total. The van der Waals surface area contributed by atoms with Crippen LogP contribution in [0.2, 0.25) is 0 Å². The Morgan fingerprint density at radius 3 is 2.89 bits per heavy atom. The van der Waals surface area contributed by atoms with Crippen molar-refractivity contribution in [3.63, 3.8) is 0 Å². The molecule has 0 spiro atoms. The maximum Gasteiger partial charge on any atom is 0.253 e. The molecular formula is C13H15BrFNO2. The molecule has 1 fully saturated rings. The van der Waals surface area contributed by atoms with Gasteiger partial charge in [-0.15, -0.1) is 0 Å². The van der Waals surface area contributed by atoms with Gasteiger partial charge in [0.2, 0.25) is 0 Å². The highest BCUT2D eigenvalue weighted by atomic mass is 79.9. The van der Waals surface area contributed by atoms with Gasteiger partial charge in [-0.25, -0.2) is 4.39 Å². The van der Waals surface area contributed by atoms with Gasteiger partial charge in [-0.05, 0) is 46.8 Å². The van der Waals surface area contributed by atoms with Crippen LogP contribution in [0.5, 0.6) is 0 Å². The molecule has 1 heterocycles. The fourth-order valence-corrected chi connectivity index (χ4v) is 2.42. The van der Waals surface area contributed by atoms with Crippen LogP contribution in [-0.4, -0.2) is 18.6 Å². The molecule has 1 saturated heterocycles. The first-order valence-corrected chi connectivity index (χ1v) is 6.67. The van der Waals surface area contributed by atoms with E-state index in [1.54, 1.807) is 6.07 Å². The molecule has 0 saturated carbocycles. The Morgan fingerprint density at radius 2 is 2.28 bits per heavy atom. The molecule has 5 heteroatoms. The summed E-state index contributed by atoms with van der Waals surface area (Å²) < 4.78 is 19.6. The minimum Gasteiger partial charge on any atom is -0.368 e. The average molecular weight is 316 g/mol. The van der Waals surface area contributed by atoms with Gasteiger partial charge in [-0.2, -0.15) is 0 Å². The molecule has 1 amide bonds. The lowest BCUT2D eigenvalue weighted by Crippen LogP contribution is -2.31. The Morgan fingerprint density at radius 1 is 1.56 bits per heavy atom. The van der Waals surface area contributed by atoms with Gasteiger partial charge in [-0.1, -0.05) is 13.0 Å². The van der Waals surface area contributed by atoms with Crippen LogP contribution in [0.1, 0.15) is 18.9 Å². The SMILES string of the molecule is Cc1ccc(F)c(NC(=O)[C@H]2OCC[C@H]2C)c1Br. The zero-order chi connectivity index (χ0) is 13.3. The Kier molecular flexibility index (Phi) is 4.02. The van der Waals surface area contributed by atoms with Gasteiger partial charge >= 0.3 is 0 Å². The Balaban J connectivity index is 2.19. The highest BCUT2D eigenvalue weighted by molar-refractivity contribution is 9.10. The molecule has 18 heavy (non-hydrogen) atoms. The predicted octanol–water partition coefficient (Wildman–Crippen LogP) is 3.26. The normalized spacial score (nSPS) is 23.1. The molecule has 0 bridgehead atoms. The number of amides is 1. The minimum absolute atomic E-state index is 0.164. The van der Waals surface area contributed by atoms with Crippen LogP contribution in [-0.2, 0) is 9.53 Å². The Bertz CT molecular complexity index is 478. The number of halogens is 2. The van der Waals surface area contributed by atoms with Gasteiger partial charge in [-0.3, -0.25) is 4.79 Å². The van der Waals surface area contributed by atoms with Crippen molar-refractivity contribution in [3.8, 4) is 0 Å². The highest BCUT2D eigenvalue weighted by Gasteiger charge is 2.31. The van der Waals surface area contributed by atoms with Crippen LogP contribution in [0.25, 0.3) is 0 Å². The summed E-state index contributed by atoms with van der Waals surface area (Å²) in [4.78, 5) is 12.0. The largest absolute Gasteiger partial charge is 0.368 e. The zero-order valence-electron chi connectivity index (χ0n) is 10.3. The van der Waals surface area contributed by atoms with E-state index in [-0.39, 0.29) is 17.5 Å². The summed E-state index contributed by atoms with van der Waals surface area (Å²) in [5, 5.41) is 2.61. The van der Waals surface area contributed by atoms with Gasteiger partial charge < -0.3 is 10.1 Å². The van der Waals surface area contributed by atoms with Crippen molar-refractivity contribution in [2.45, 2.75) is 26.4 Å². The number of anilines is 1. The number of nitrogens with one attached hydrogen (secondary N) is 1. The molecule has 98 valence electrons. The molecule has 0 aliphatic carbocycles. The number of hydrogen-bond donors (Lipinski definition) is 1. The highest BCUT2D eigenvalue weighted by Crippen LogP contribution is 2.30. The zero-order valence-corrected chi connectivity index (χ0v) is 11.9. The summed E-state index contributed by atoms with van der Waals surface area (Å²) in [5.74, 6) is -0.576. The first-order chi connectivity index (χ1) is 8.50. The Hall–Kier alpha value is -0.940. The third-order valence-electron chi connectivity index (χ3n) is 3.18. The van der Waals surface area contributed by atoms with Gasteiger partial charge in [0, 0.05) is 11.1 Å². The molecule has 2 rings (SSSR count). The molecule has 1 aromatic carbocycles. The van der Waals surface area contributed by atoms with E-state index in [1.165, 1.54) is 6.07 Å². The molecule has 1 aliphatic rings. The van der Waals surface area contributed by atoms with Crippen molar-refractivity contribution in [2.24, 2.45) is 5.92 Å². The van der Waals surface area contributed by atoms with Crippen LogP contribution >= 0.6 is 15.9 Å². The van der Waals surface area contributed by atoms with Crippen LogP contribution in [0.4, 0.5) is 10.1 Å². The molecule has 1 N–H and O–H groups in total. The number of hydrogen-bond acceptors (Lipinski definition) is 2. The van der Waals surface area contributed by atoms with E-state index >= 15 is 0 Å². The van der Waals surface area contributed by atoms with Crippen molar-refractivity contribution >= 4 is 27.5 Å². The summed E-state index contributed by atoms with van der Waals surface area (Å²) in [6, 6.07) is 3.00. The monoisotopic (exact) mass is 315 g/mol. The third-order valence-corrected chi connectivity index (χ3v) is 4.20. The van der Waals surface area contributed by atoms with Crippen LogP contribution in [0.15, 0.2) is 16.6 Å². The lowest BCUT2D eigenvalue weighted by atomic mass is 10.0. The number of rotatable bonds is 2. The van der Waals surface area contributed by atoms with E-state index in [0.29, 0.717) is 11.1 Å². The summed E-state index contributed by atoms with van der Waals surface area (Å²) in [5.41, 5.74) is 1.05. The van der Waals surface area contributed by atoms with Crippen molar-refractivity contribution in [3.05, 3.63) is 28.0 Å². The lowest BCUT2D eigenvalue weighted by molar-refractivity contribution is -0.126. The first kappa shape index (κ1) is 13.5. The second-order valence-electron chi connectivity index (χ2n) is 4.60. The standard InChI is InChI=1S/C13H15BrFNO2/c1-7-3-4-9(15)11(10(7)14)16-13(17)12-8(2)5-6-18-12/h3-4,8,12H,5-6H2,1-2H3,(H,16,17)/t8-,12+/m1/s1. The van der Waals surface area contributed by atoms with Gasteiger partial charge in [0.05, 0.1) is 5.69 Å². The molecule has 1 aromatic rings. The summed E-state index contributed by atoms with van der Waals surface area (Å²) in [6.07, 6.45) is 0.368. The second kappa shape index (κ2) is 5.36. The van der Waals surface area contributed by atoms with Crippen molar-refractivity contribution in [1.82, 2.24) is 0 Å². The third kappa shape index (κ3) is 2.57. The Labute approximate surface area is 114 Å². The number of carbonyl (C=O) groups is 1. The summed E-state index contributed by atoms with van der Waals surface area (Å²) in [7, 11) is 0. The maximum atomic E-state index is 13.7. The van der Waals surface area contributed by atoms with Crippen LogP contribution < -0.4 is 5.32 Å². The number of aryl methyl sites for hydroxylation is 1. The predicted molar refractivity (Wildman–Crippen MR) is 71.0 cm³/mol. The van der Waals surface area contributed by atoms with Crippen molar-refractivity contribution in [2.75, 3.05) is 11.9 Å². The molecule has 0 radical (unpaired) electrons. The van der Waals surface area contributed by atoms with E-state index in [4.69, 9.17) is 4.74 Å². The van der Waals surface area contributed by atoms with Crippen LogP contribution in [0.3, 0.4) is 0 Å². The minimum atomic E-state index is -0.489.